The average molecular weight is 239 g/mol. The Hall–Kier alpha value is -1.61. The lowest BCUT2D eigenvalue weighted by Gasteiger charge is -2.24. The van der Waals surface area contributed by atoms with Crippen LogP contribution in [0.1, 0.15) is 26.2 Å². The molecule has 0 bridgehead atoms. The number of carbonyl (C=O) groups excluding carboxylic acids is 2. The number of aliphatic hydroxyl groups excluding tert-OH is 1. The van der Waals surface area contributed by atoms with Gasteiger partial charge in [0.2, 0.25) is 0 Å². The number of likely N-dealkylation sites (tertiary alicyclic amines) is 1. The standard InChI is InChI=1S/C11H17N3O3/c1-8(15)7-9-3-2-6-14(9)11(17)10(16)13-5-4-12/h8-9,15H,2-3,5-7H2,1H3,(H,13,16). The number of aliphatic hydroxyl groups is 1. The molecule has 0 aromatic rings. The summed E-state index contributed by atoms with van der Waals surface area (Å²) in [5.41, 5.74) is 0. The number of nitrogens with one attached hydrogen (secondary N) is 1. The lowest BCUT2D eigenvalue weighted by molar-refractivity contribution is -0.146. The van der Waals surface area contributed by atoms with Gasteiger partial charge in [-0.15, -0.1) is 0 Å². The molecule has 0 aromatic carbocycles. The first-order valence-corrected chi connectivity index (χ1v) is 5.70. The molecule has 0 aromatic heterocycles. The molecule has 2 amide bonds. The van der Waals surface area contributed by atoms with Crippen molar-refractivity contribution in [2.24, 2.45) is 0 Å². The van der Waals surface area contributed by atoms with Crippen LogP contribution in [0, 0.1) is 11.3 Å². The van der Waals surface area contributed by atoms with Gasteiger partial charge in [0.1, 0.15) is 6.54 Å². The van der Waals surface area contributed by atoms with Crippen molar-refractivity contribution in [1.29, 1.82) is 5.26 Å². The first kappa shape index (κ1) is 13.5. The van der Waals surface area contributed by atoms with Gasteiger partial charge in [0.15, 0.2) is 0 Å². The molecule has 2 atom stereocenters. The third-order valence-electron chi connectivity index (χ3n) is 2.77. The Morgan fingerprint density at radius 1 is 1.65 bits per heavy atom. The van der Waals surface area contributed by atoms with Crippen molar-refractivity contribution in [3.05, 3.63) is 0 Å². The largest absolute Gasteiger partial charge is 0.393 e. The van der Waals surface area contributed by atoms with Gasteiger partial charge in [-0.05, 0) is 26.2 Å². The van der Waals surface area contributed by atoms with Crippen molar-refractivity contribution in [3.63, 3.8) is 0 Å². The lowest BCUT2D eigenvalue weighted by atomic mass is 10.1. The van der Waals surface area contributed by atoms with E-state index in [2.05, 4.69) is 5.32 Å². The van der Waals surface area contributed by atoms with Gasteiger partial charge in [-0.1, -0.05) is 0 Å². The predicted octanol–water partition coefficient (Wildman–Crippen LogP) is -0.612. The third-order valence-corrected chi connectivity index (χ3v) is 2.77. The molecule has 17 heavy (non-hydrogen) atoms. The van der Waals surface area contributed by atoms with Crippen LogP contribution in [0.3, 0.4) is 0 Å². The maximum atomic E-state index is 11.8. The molecule has 6 heteroatoms. The van der Waals surface area contributed by atoms with Crippen LogP contribution in [0.25, 0.3) is 0 Å². The van der Waals surface area contributed by atoms with E-state index in [1.54, 1.807) is 13.0 Å². The fourth-order valence-electron chi connectivity index (χ4n) is 2.07. The van der Waals surface area contributed by atoms with Crippen LogP contribution in [0.2, 0.25) is 0 Å². The number of rotatable bonds is 3. The zero-order valence-electron chi connectivity index (χ0n) is 9.85. The molecule has 0 saturated carbocycles. The Balaban J connectivity index is 2.55. The summed E-state index contributed by atoms with van der Waals surface area (Å²) in [6.07, 6.45) is 1.64. The number of nitriles is 1. The second-order valence-corrected chi connectivity index (χ2v) is 4.22. The molecule has 0 aliphatic carbocycles. The number of hydrogen-bond acceptors (Lipinski definition) is 4. The molecule has 1 aliphatic heterocycles. The van der Waals surface area contributed by atoms with E-state index in [9.17, 15) is 14.7 Å². The molecule has 0 radical (unpaired) electrons. The van der Waals surface area contributed by atoms with E-state index >= 15 is 0 Å². The molecule has 0 spiro atoms. The maximum absolute atomic E-state index is 11.8. The number of hydrogen-bond donors (Lipinski definition) is 2. The summed E-state index contributed by atoms with van der Waals surface area (Å²) in [6.45, 7) is 2.03. The number of amides is 2. The molecule has 1 rings (SSSR count). The van der Waals surface area contributed by atoms with Gasteiger partial charge < -0.3 is 15.3 Å². The van der Waals surface area contributed by atoms with Gasteiger partial charge in [-0.25, -0.2) is 0 Å². The minimum Gasteiger partial charge on any atom is -0.393 e. The van der Waals surface area contributed by atoms with Gasteiger partial charge in [0.25, 0.3) is 0 Å². The van der Waals surface area contributed by atoms with Crippen LogP contribution in [0.15, 0.2) is 0 Å². The Bertz CT molecular complexity index is 335. The minimum absolute atomic E-state index is 0.0738. The highest BCUT2D eigenvalue weighted by Gasteiger charge is 2.32. The van der Waals surface area contributed by atoms with E-state index in [-0.39, 0.29) is 12.6 Å². The molecule has 1 fully saturated rings. The van der Waals surface area contributed by atoms with Gasteiger partial charge in [-0.2, -0.15) is 5.26 Å². The van der Waals surface area contributed by atoms with Crippen LogP contribution < -0.4 is 5.32 Å². The second kappa shape index (κ2) is 6.21. The monoisotopic (exact) mass is 239 g/mol. The molecule has 94 valence electrons. The molecule has 1 aliphatic rings. The topological polar surface area (TPSA) is 93.4 Å². The molecule has 6 nitrogen and oxygen atoms in total. The average Bonchev–Trinajstić information content (AvgIpc) is 2.71. The van der Waals surface area contributed by atoms with Crippen molar-refractivity contribution < 1.29 is 14.7 Å². The minimum atomic E-state index is -0.746. The summed E-state index contributed by atoms with van der Waals surface area (Å²) >= 11 is 0. The summed E-state index contributed by atoms with van der Waals surface area (Å²) in [6, 6.07) is 1.67. The van der Waals surface area contributed by atoms with Crippen molar-refractivity contribution in [2.75, 3.05) is 13.1 Å². The Kier molecular flexibility index (Phi) is 4.91. The zero-order valence-corrected chi connectivity index (χ0v) is 9.85. The van der Waals surface area contributed by atoms with Crippen LogP contribution in [-0.2, 0) is 9.59 Å². The highest BCUT2D eigenvalue weighted by atomic mass is 16.3. The summed E-state index contributed by atoms with van der Waals surface area (Å²) in [5.74, 6) is -1.35. The summed E-state index contributed by atoms with van der Waals surface area (Å²) in [5, 5.41) is 19.9. The highest BCUT2D eigenvalue weighted by Crippen LogP contribution is 2.21. The van der Waals surface area contributed by atoms with Gasteiger partial charge in [-0.3, -0.25) is 9.59 Å². The van der Waals surface area contributed by atoms with Crippen LogP contribution >= 0.6 is 0 Å². The number of carbonyl (C=O) groups is 2. The Labute approximate surface area is 100 Å². The van der Waals surface area contributed by atoms with E-state index in [1.165, 1.54) is 4.90 Å². The summed E-state index contributed by atoms with van der Waals surface area (Å²) in [4.78, 5) is 24.7. The molecule has 2 N–H and O–H groups in total. The van der Waals surface area contributed by atoms with E-state index in [0.717, 1.165) is 12.8 Å². The highest BCUT2D eigenvalue weighted by molar-refractivity contribution is 6.35. The molecular weight excluding hydrogens is 222 g/mol. The smallest absolute Gasteiger partial charge is 0.312 e. The van der Waals surface area contributed by atoms with Crippen molar-refractivity contribution in [1.82, 2.24) is 10.2 Å². The summed E-state index contributed by atoms with van der Waals surface area (Å²) in [7, 11) is 0. The predicted molar refractivity (Wildman–Crippen MR) is 59.7 cm³/mol. The van der Waals surface area contributed by atoms with E-state index in [0.29, 0.717) is 13.0 Å². The van der Waals surface area contributed by atoms with Crippen molar-refractivity contribution in [3.8, 4) is 6.07 Å². The molecule has 2 unspecified atom stereocenters. The van der Waals surface area contributed by atoms with Crippen LogP contribution in [-0.4, -0.2) is 47.1 Å². The molecule has 1 heterocycles. The van der Waals surface area contributed by atoms with E-state index < -0.39 is 17.9 Å². The fourth-order valence-corrected chi connectivity index (χ4v) is 2.07. The van der Waals surface area contributed by atoms with Crippen molar-refractivity contribution >= 4 is 11.8 Å². The summed E-state index contributed by atoms with van der Waals surface area (Å²) < 4.78 is 0. The quantitative estimate of drug-likeness (QED) is 0.507. The lowest BCUT2D eigenvalue weighted by Crippen LogP contribution is -2.46. The first-order valence-electron chi connectivity index (χ1n) is 5.70. The third kappa shape index (κ3) is 3.71. The molecule has 1 saturated heterocycles. The van der Waals surface area contributed by atoms with E-state index in [1.807, 2.05) is 0 Å². The SMILES string of the molecule is CC(O)CC1CCCN1C(=O)C(=O)NCC#N. The fraction of sp³-hybridized carbons (Fsp3) is 0.727. The normalized spacial score (nSPS) is 20.8. The van der Waals surface area contributed by atoms with Gasteiger partial charge in [0.05, 0.1) is 12.2 Å². The van der Waals surface area contributed by atoms with Crippen LogP contribution in [0.4, 0.5) is 0 Å². The van der Waals surface area contributed by atoms with E-state index in [4.69, 9.17) is 5.26 Å². The Morgan fingerprint density at radius 3 is 2.94 bits per heavy atom. The van der Waals surface area contributed by atoms with Crippen molar-refractivity contribution in [2.45, 2.75) is 38.3 Å². The van der Waals surface area contributed by atoms with Gasteiger partial charge in [0, 0.05) is 12.6 Å². The molecular formula is C11H17N3O3. The second-order valence-electron chi connectivity index (χ2n) is 4.22. The van der Waals surface area contributed by atoms with Crippen LogP contribution in [0.5, 0.6) is 0 Å². The number of nitrogens with zero attached hydrogens (tertiary/aromatic N) is 2. The maximum Gasteiger partial charge on any atom is 0.312 e. The Morgan fingerprint density at radius 2 is 2.35 bits per heavy atom. The first-order chi connectivity index (χ1) is 8.06. The van der Waals surface area contributed by atoms with Gasteiger partial charge >= 0.3 is 11.8 Å². The zero-order chi connectivity index (χ0) is 12.8.